The van der Waals surface area contributed by atoms with Gasteiger partial charge in [-0.1, -0.05) is 40.0 Å². The minimum atomic E-state index is -1.03. The van der Waals surface area contributed by atoms with Gasteiger partial charge in [0, 0.05) is 12.8 Å². The highest BCUT2D eigenvalue weighted by atomic mass is 16.9. The van der Waals surface area contributed by atoms with Gasteiger partial charge in [0.2, 0.25) is 0 Å². The Balaban J connectivity index is 4.51. The molecule has 0 spiro atoms. The molecule has 0 aliphatic carbocycles. The number of ether oxygens (including phenoxy) is 3. The average Bonchev–Trinajstić information content (AvgIpc) is 2.46. The van der Waals surface area contributed by atoms with Gasteiger partial charge in [0.25, 0.3) is 5.97 Å². The van der Waals surface area contributed by atoms with Gasteiger partial charge in [0.05, 0.1) is 19.8 Å². The van der Waals surface area contributed by atoms with Crippen molar-refractivity contribution < 1.29 is 19.0 Å². The first-order valence-corrected chi connectivity index (χ1v) is 8.10. The molecular weight excluding hydrogens is 256 g/mol. The summed E-state index contributed by atoms with van der Waals surface area (Å²) < 4.78 is 17.6. The van der Waals surface area contributed by atoms with Crippen LogP contribution in [0.1, 0.15) is 72.1 Å². The van der Waals surface area contributed by atoms with E-state index in [-0.39, 0.29) is 0 Å². The fourth-order valence-corrected chi connectivity index (χ4v) is 1.69. The van der Waals surface area contributed by atoms with Gasteiger partial charge in [-0.2, -0.15) is 0 Å². The zero-order valence-corrected chi connectivity index (χ0v) is 13.5. The second-order valence-electron chi connectivity index (χ2n) is 4.99. The summed E-state index contributed by atoms with van der Waals surface area (Å²) in [6, 6.07) is 0. The zero-order valence-electron chi connectivity index (χ0n) is 13.5. The van der Waals surface area contributed by atoms with E-state index in [0.29, 0.717) is 32.7 Å². The highest BCUT2D eigenvalue weighted by Gasteiger charge is 2.32. The fraction of sp³-hybridized carbons (Fsp3) is 0.938. The summed E-state index contributed by atoms with van der Waals surface area (Å²) in [5.41, 5.74) is 0. The van der Waals surface area contributed by atoms with Crippen LogP contribution in [-0.2, 0) is 19.0 Å². The van der Waals surface area contributed by atoms with E-state index >= 15 is 0 Å². The van der Waals surface area contributed by atoms with Crippen molar-refractivity contribution in [3.05, 3.63) is 0 Å². The van der Waals surface area contributed by atoms with Gasteiger partial charge >= 0.3 is 0 Å². The Kier molecular flexibility index (Phi) is 13.2. The van der Waals surface area contributed by atoms with E-state index in [0.717, 1.165) is 44.8 Å². The molecule has 0 aliphatic rings. The SMILES string of the molecule is CCCCOC(CCC=O)(OCCCC)OCCCC. The van der Waals surface area contributed by atoms with Crippen molar-refractivity contribution in [1.82, 2.24) is 0 Å². The second-order valence-corrected chi connectivity index (χ2v) is 4.99. The van der Waals surface area contributed by atoms with Crippen LogP contribution in [0.5, 0.6) is 0 Å². The lowest BCUT2D eigenvalue weighted by molar-refractivity contribution is -0.383. The van der Waals surface area contributed by atoms with Crippen LogP contribution < -0.4 is 0 Å². The lowest BCUT2D eigenvalue weighted by Gasteiger charge is -2.33. The van der Waals surface area contributed by atoms with Crippen molar-refractivity contribution in [3.63, 3.8) is 0 Å². The summed E-state index contributed by atoms with van der Waals surface area (Å²) in [7, 11) is 0. The van der Waals surface area contributed by atoms with Crippen molar-refractivity contribution in [2.75, 3.05) is 19.8 Å². The van der Waals surface area contributed by atoms with Gasteiger partial charge in [0.1, 0.15) is 6.29 Å². The Morgan fingerprint density at radius 3 is 1.50 bits per heavy atom. The van der Waals surface area contributed by atoms with Crippen LogP contribution in [-0.4, -0.2) is 32.1 Å². The number of aldehydes is 1. The monoisotopic (exact) mass is 288 g/mol. The summed E-state index contributed by atoms with van der Waals surface area (Å²) >= 11 is 0. The van der Waals surface area contributed by atoms with E-state index < -0.39 is 5.97 Å². The van der Waals surface area contributed by atoms with Gasteiger partial charge < -0.3 is 19.0 Å². The van der Waals surface area contributed by atoms with Crippen LogP contribution in [0.3, 0.4) is 0 Å². The van der Waals surface area contributed by atoms with Crippen LogP contribution in [0.2, 0.25) is 0 Å². The van der Waals surface area contributed by atoms with Crippen LogP contribution in [0.15, 0.2) is 0 Å². The van der Waals surface area contributed by atoms with Crippen LogP contribution >= 0.6 is 0 Å². The molecule has 0 aromatic heterocycles. The Bertz CT molecular complexity index is 192. The minimum Gasteiger partial charge on any atom is -0.327 e. The van der Waals surface area contributed by atoms with Crippen molar-refractivity contribution in [3.8, 4) is 0 Å². The van der Waals surface area contributed by atoms with Crippen molar-refractivity contribution >= 4 is 6.29 Å². The van der Waals surface area contributed by atoms with E-state index in [4.69, 9.17) is 14.2 Å². The second kappa shape index (κ2) is 13.5. The largest absolute Gasteiger partial charge is 0.327 e. The summed E-state index contributed by atoms with van der Waals surface area (Å²) in [4.78, 5) is 10.7. The third-order valence-electron chi connectivity index (χ3n) is 3.03. The predicted molar refractivity (Wildman–Crippen MR) is 80.6 cm³/mol. The summed E-state index contributed by atoms with van der Waals surface area (Å²) in [6.45, 7) is 8.17. The standard InChI is InChI=1S/C16H32O4/c1-4-7-13-18-16(11-10-12-17,19-14-8-5-2)20-15-9-6-3/h12H,4-11,13-15H2,1-3H3. The van der Waals surface area contributed by atoms with E-state index in [1.165, 1.54) is 0 Å². The van der Waals surface area contributed by atoms with E-state index in [9.17, 15) is 4.79 Å². The van der Waals surface area contributed by atoms with E-state index in [2.05, 4.69) is 20.8 Å². The van der Waals surface area contributed by atoms with E-state index in [1.54, 1.807) is 0 Å². The van der Waals surface area contributed by atoms with Gasteiger partial charge in [-0.05, 0) is 19.3 Å². The maximum Gasteiger partial charge on any atom is 0.283 e. The molecule has 0 unspecified atom stereocenters. The molecule has 0 saturated heterocycles. The topological polar surface area (TPSA) is 44.8 Å². The maximum atomic E-state index is 10.7. The number of hydrogen-bond acceptors (Lipinski definition) is 4. The molecule has 0 aromatic carbocycles. The average molecular weight is 288 g/mol. The third-order valence-corrected chi connectivity index (χ3v) is 3.03. The molecule has 20 heavy (non-hydrogen) atoms. The molecule has 4 nitrogen and oxygen atoms in total. The van der Waals surface area contributed by atoms with Crippen molar-refractivity contribution in [2.24, 2.45) is 0 Å². The first-order chi connectivity index (χ1) is 9.74. The smallest absolute Gasteiger partial charge is 0.283 e. The summed E-state index contributed by atoms with van der Waals surface area (Å²) in [6.07, 6.45) is 7.85. The number of rotatable bonds is 15. The summed E-state index contributed by atoms with van der Waals surface area (Å²) in [5.74, 6) is -1.03. The van der Waals surface area contributed by atoms with Crippen molar-refractivity contribution in [2.45, 2.75) is 78.1 Å². The molecule has 0 atom stereocenters. The molecule has 0 radical (unpaired) electrons. The Labute approximate surface area is 124 Å². The maximum absolute atomic E-state index is 10.7. The molecule has 0 amide bonds. The normalized spacial score (nSPS) is 11.8. The van der Waals surface area contributed by atoms with Crippen LogP contribution in [0.25, 0.3) is 0 Å². The third kappa shape index (κ3) is 9.45. The number of carbonyl (C=O) groups is 1. The van der Waals surface area contributed by atoms with Crippen molar-refractivity contribution in [1.29, 1.82) is 0 Å². The first-order valence-electron chi connectivity index (χ1n) is 8.10. The van der Waals surface area contributed by atoms with Gasteiger partial charge in [-0.25, -0.2) is 0 Å². The number of unbranched alkanes of at least 4 members (excludes halogenated alkanes) is 3. The molecule has 0 fully saturated rings. The Morgan fingerprint density at radius 2 is 1.20 bits per heavy atom. The number of hydrogen-bond donors (Lipinski definition) is 0. The number of carbonyl (C=O) groups excluding carboxylic acids is 1. The molecule has 0 N–H and O–H groups in total. The first kappa shape index (κ1) is 19.6. The molecule has 4 heteroatoms. The van der Waals surface area contributed by atoms with Crippen LogP contribution in [0, 0.1) is 0 Å². The van der Waals surface area contributed by atoms with E-state index in [1.807, 2.05) is 0 Å². The molecule has 120 valence electrons. The molecule has 0 aliphatic heterocycles. The minimum absolute atomic E-state index is 0.393. The Hall–Kier alpha value is -0.450. The Morgan fingerprint density at radius 1 is 0.800 bits per heavy atom. The van der Waals surface area contributed by atoms with Gasteiger partial charge in [0.15, 0.2) is 0 Å². The molecule has 0 heterocycles. The molecule has 0 aromatic rings. The molecular formula is C16H32O4. The molecule has 0 bridgehead atoms. The molecule has 0 saturated carbocycles. The summed E-state index contributed by atoms with van der Waals surface area (Å²) in [5, 5.41) is 0. The molecule has 0 rings (SSSR count). The zero-order chi connectivity index (χ0) is 15.1. The lowest BCUT2D eigenvalue weighted by atomic mass is 10.2. The fourth-order valence-electron chi connectivity index (χ4n) is 1.69. The lowest BCUT2D eigenvalue weighted by Crippen LogP contribution is -2.40. The van der Waals surface area contributed by atoms with Gasteiger partial charge in [-0.15, -0.1) is 0 Å². The highest BCUT2D eigenvalue weighted by molar-refractivity contribution is 5.49. The van der Waals surface area contributed by atoms with Crippen LogP contribution in [0.4, 0.5) is 0 Å². The quantitative estimate of drug-likeness (QED) is 0.259. The van der Waals surface area contributed by atoms with Gasteiger partial charge in [-0.3, -0.25) is 0 Å². The highest BCUT2D eigenvalue weighted by Crippen LogP contribution is 2.23. The predicted octanol–water partition coefficient (Wildman–Crippen LogP) is 4.07.